The second kappa shape index (κ2) is 4.01. The fourth-order valence-electron chi connectivity index (χ4n) is 1.97. The van der Waals surface area contributed by atoms with Crippen molar-refractivity contribution in [3.63, 3.8) is 0 Å². The van der Waals surface area contributed by atoms with Gasteiger partial charge < -0.3 is 0 Å². The van der Waals surface area contributed by atoms with Gasteiger partial charge in [-0.2, -0.15) is 0 Å². The zero-order valence-electron chi connectivity index (χ0n) is 10.2. The summed E-state index contributed by atoms with van der Waals surface area (Å²) in [6.07, 6.45) is 1.39. The van der Waals surface area contributed by atoms with Gasteiger partial charge in [-0.15, -0.1) is 0 Å². The number of allylic oxidation sites excluding steroid dienone is 1. The van der Waals surface area contributed by atoms with Crippen LogP contribution >= 0.6 is 0 Å². The molecule has 80 valence electrons. The third-order valence-corrected chi connectivity index (χ3v) is 3.43. The second-order valence-electron chi connectivity index (χ2n) is 4.07. The van der Waals surface area contributed by atoms with E-state index in [9.17, 15) is 4.79 Å². The molecule has 1 aromatic rings. The van der Waals surface area contributed by atoms with Crippen LogP contribution < -0.4 is 0 Å². The van der Waals surface area contributed by atoms with Crippen LogP contribution in [0.3, 0.4) is 0 Å². The Hall–Kier alpha value is -1.37. The van der Waals surface area contributed by atoms with Crippen LogP contribution in [-0.2, 0) is 0 Å². The molecular formula is C14H18O. The molecule has 1 rings (SSSR count). The van der Waals surface area contributed by atoms with Gasteiger partial charge >= 0.3 is 0 Å². The Morgan fingerprint density at radius 1 is 0.867 bits per heavy atom. The molecule has 0 spiro atoms. The number of benzene rings is 1. The number of carbonyl (C=O) groups excluding carboxylic acids is 1. The molecule has 0 amide bonds. The number of hydrogen-bond acceptors (Lipinski definition) is 1. The van der Waals surface area contributed by atoms with E-state index >= 15 is 0 Å². The van der Waals surface area contributed by atoms with Crippen molar-refractivity contribution in [1.82, 2.24) is 0 Å². The van der Waals surface area contributed by atoms with Gasteiger partial charge in [0, 0.05) is 5.56 Å². The molecule has 0 radical (unpaired) electrons. The zero-order chi connectivity index (χ0) is 11.7. The molecule has 0 saturated carbocycles. The Morgan fingerprint density at radius 3 is 1.53 bits per heavy atom. The predicted octanol–water partition coefficient (Wildman–Crippen LogP) is 3.60. The summed E-state index contributed by atoms with van der Waals surface area (Å²) in [5.74, 6) is 0.0243. The first-order valence-corrected chi connectivity index (χ1v) is 5.15. The summed E-state index contributed by atoms with van der Waals surface area (Å²) in [6.45, 7) is 13.8. The van der Waals surface area contributed by atoms with E-state index in [2.05, 4.69) is 27.4 Å². The van der Waals surface area contributed by atoms with E-state index in [0.717, 1.165) is 16.7 Å². The molecule has 1 aromatic carbocycles. The lowest BCUT2D eigenvalue weighted by Gasteiger charge is -2.16. The first-order chi connectivity index (χ1) is 6.91. The van der Waals surface area contributed by atoms with Crippen molar-refractivity contribution in [3.05, 3.63) is 46.0 Å². The molecule has 0 aromatic heterocycles. The number of rotatable bonds is 2. The molecule has 1 heteroatoms. The van der Waals surface area contributed by atoms with E-state index in [0.29, 0.717) is 0 Å². The molecule has 0 aliphatic carbocycles. The van der Waals surface area contributed by atoms with Crippen LogP contribution in [-0.4, -0.2) is 5.78 Å². The van der Waals surface area contributed by atoms with Crippen LogP contribution in [0.2, 0.25) is 0 Å². The Labute approximate surface area is 91.8 Å². The summed E-state index contributed by atoms with van der Waals surface area (Å²) in [6, 6.07) is 0. The molecule has 0 atom stereocenters. The van der Waals surface area contributed by atoms with Crippen molar-refractivity contribution >= 4 is 5.78 Å². The molecule has 1 nitrogen and oxygen atoms in total. The highest BCUT2D eigenvalue weighted by Gasteiger charge is 2.15. The van der Waals surface area contributed by atoms with Gasteiger partial charge in [0.2, 0.25) is 0 Å². The summed E-state index contributed by atoms with van der Waals surface area (Å²) in [4.78, 5) is 11.8. The molecule has 15 heavy (non-hydrogen) atoms. The molecule has 0 aliphatic rings. The van der Waals surface area contributed by atoms with Crippen LogP contribution in [0.15, 0.2) is 12.7 Å². The molecule has 0 N–H and O–H groups in total. The fourth-order valence-corrected chi connectivity index (χ4v) is 1.97. The maximum absolute atomic E-state index is 11.8. The third kappa shape index (κ3) is 1.74. The van der Waals surface area contributed by atoms with Crippen molar-refractivity contribution in [2.45, 2.75) is 34.6 Å². The zero-order valence-corrected chi connectivity index (χ0v) is 10.2. The minimum atomic E-state index is 0.0243. The van der Waals surface area contributed by atoms with E-state index in [4.69, 9.17) is 0 Å². The largest absolute Gasteiger partial charge is 0.289 e. The number of carbonyl (C=O) groups is 1. The van der Waals surface area contributed by atoms with E-state index in [-0.39, 0.29) is 5.78 Å². The summed E-state index contributed by atoms with van der Waals surface area (Å²) in [5.41, 5.74) is 6.70. The van der Waals surface area contributed by atoms with Crippen molar-refractivity contribution < 1.29 is 4.79 Å². The third-order valence-electron chi connectivity index (χ3n) is 3.43. The van der Waals surface area contributed by atoms with Gasteiger partial charge in [0.25, 0.3) is 0 Å². The number of ketones is 1. The van der Waals surface area contributed by atoms with Gasteiger partial charge in [0.05, 0.1) is 0 Å². The Bertz CT molecular complexity index is 410. The summed E-state index contributed by atoms with van der Waals surface area (Å²) in [5, 5.41) is 0. The van der Waals surface area contributed by atoms with Crippen LogP contribution in [0.5, 0.6) is 0 Å². The first kappa shape index (κ1) is 11.7. The average molecular weight is 202 g/mol. The minimum absolute atomic E-state index is 0.0243. The van der Waals surface area contributed by atoms with Crippen molar-refractivity contribution in [3.8, 4) is 0 Å². The molecule has 0 fully saturated rings. The highest BCUT2D eigenvalue weighted by atomic mass is 16.1. The lowest BCUT2D eigenvalue weighted by atomic mass is 9.88. The van der Waals surface area contributed by atoms with Crippen LogP contribution in [0.1, 0.15) is 38.2 Å². The molecular weight excluding hydrogens is 184 g/mol. The van der Waals surface area contributed by atoms with Crippen LogP contribution in [0, 0.1) is 34.6 Å². The predicted molar refractivity (Wildman–Crippen MR) is 64.7 cm³/mol. The monoisotopic (exact) mass is 202 g/mol. The van der Waals surface area contributed by atoms with Crippen molar-refractivity contribution in [1.29, 1.82) is 0 Å². The Morgan fingerprint density at radius 2 is 1.20 bits per heavy atom. The Kier molecular flexibility index (Phi) is 3.13. The van der Waals surface area contributed by atoms with Gasteiger partial charge in [-0.1, -0.05) is 6.58 Å². The van der Waals surface area contributed by atoms with Gasteiger partial charge in [-0.25, -0.2) is 0 Å². The average Bonchev–Trinajstić information content (AvgIpc) is 2.23. The second-order valence-corrected chi connectivity index (χ2v) is 4.07. The maximum atomic E-state index is 11.8. The Balaban J connectivity index is 3.67. The maximum Gasteiger partial charge on any atom is 0.185 e. The smallest absolute Gasteiger partial charge is 0.185 e. The lowest BCUT2D eigenvalue weighted by Crippen LogP contribution is -2.07. The van der Waals surface area contributed by atoms with Crippen LogP contribution in [0.4, 0.5) is 0 Å². The van der Waals surface area contributed by atoms with Gasteiger partial charge in [-0.3, -0.25) is 4.79 Å². The summed E-state index contributed by atoms with van der Waals surface area (Å²) in [7, 11) is 0. The van der Waals surface area contributed by atoms with Gasteiger partial charge in [0.1, 0.15) is 0 Å². The van der Waals surface area contributed by atoms with Gasteiger partial charge in [-0.05, 0) is 68.5 Å². The van der Waals surface area contributed by atoms with Crippen molar-refractivity contribution in [2.24, 2.45) is 0 Å². The van der Waals surface area contributed by atoms with Crippen molar-refractivity contribution in [2.75, 3.05) is 0 Å². The molecule has 0 saturated heterocycles. The lowest BCUT2D eigenvalue weighted by molar-refractivity contribution is 0.104. The van der Waals surface area contributed by atoms with E-state index in [1.165, 1.54) is 22.8 Å². The van der Waals surface area contributed by atoms with Crippen LogP contribution in [0.25, 0.3) is 0 Å². The SMILES string of the molecule is C=CC(=O)c1c(C)c(C)c(C)c(C)c1C. The fraction of sp³-hybridized carbons (Fsp3) is 0.357. The molecule has 0 bridgehead atoms. The molecule has 0 aliphatic heterocycles. The first-order valence-electron chi connectivity index (χ1n) is 5.15. The molecule has 0 heterocycles. The van der Waals surface area contributed by atoms with E-state index < -0.39 is 0 Å². The quantitative estimate of drug-likeness (QED) is 0.529. The highest BCUT2D eigenvalue weighted by Crippen LogP contribution is 2.26. The normalized spacial score (nSPS) is 10.2. The molecule has 0 unspecified atom stereocenters. The minimum Gasteiger partial charge on any atom is -0.289 e. The standard InChI is InChI=1S/C14H18O/c1-7-13(15)14-11(5)9(3)8(2)10(4)12(14)6/h7H,1H2,2-6H3. The van der Waals surface area contributed by atoms with E-state index in [1.807, 2.05) is 13.8 Å². The van der Waals surface area contributed by atoms with E-state index in [1.54, 1.807) is 0 Å². The van der Waals surface area contributed by atoms with Gasteiger partial charge in [0.15, 0.2) is 5.78 Å². The highest BCUT2D eigenvalue weighted by molar-refractivity contribution is 6.06. The number of hydrogen-bond donors (Lipinski definition) is 0. The summed E-state index contributed by atoms with van der Waals surface area (Å²) >= 11 is 0. The topological polar surface area (TPSA) is 17.1 Å². The summed E-state index contributed by atoms with van der Waals surface area (Å²) < 4.78 is 0.